The Morgan fingerprint density at radius 2 is 1.50 bits per heavy atom. The first-order valence-electron chi connectivity index (χ1n) is 6.09. The molecule has 0 N–H and O–H groups in total. The maximum absolute atomic E-state index is 6.29. The molecule has 3 aromatic rings. The van der Waals surface area contributed by atoms with Gasteiger partial charge in [-0.3, -0.25) is 0 Å². The van der Waals surface area contributed by atoms with Crippen LogP contribution in [-0.4, -0.2) is 12.1 Å². The number of rotatable bonds is 2. The molecule has 1 heterocycles. The molecule has 0 aliphatic heterocycles. The fourth-order valence-corrected chi connectivity index (χ4v) is 2.81. The highest BCUT2D eigenvalue weighted by molar-refractivity contribution is 6.38. The standard InChI is InChI=1S/C16H11Cl2NO/c1-20-11-8-6-10(7-9-11)14-12-4-2-3-5-13(12)15(17)19-16(14)18/h2-9H,1H3. The van der Waals surface area contributed by atoms with Gasteiger partial charge in [0.15, 0.2) is 0 Å². The summed E-state index contributed by atoms with van der Waals surface area (Å²) in [6.07, 6.45) is 0. The Bertz CT molecular complexity index is 769. The Labute approximate surface area is 126 Å². The average molecular weight is 304 g/mol. The molecule has 0 aliphatic rings. The monoisotopic (exact) mass is 303 g/mol. The minimum atomic E-state index is 0.402. The van der Waals surface area contributed by atoms with Crippen LogP contribution < -0.4 is 4.74 Å². The summed E-state index contributed by atoms with van der Waals surface area (Å²) in [5, 5.41) is 2.70. The van der Waals surface area contributed by atoms with Crippen molar-refractivity contribution in [1.29, 1.82) is 0 Å². The number of hydrogen-bond donors (Lipinski definition) is 0. The van der Waals surface area contributed by atoms with Crippen molar-refractivity contribution in [3.8, 4) is 16.9 Å². The summed E-state index contributed by atoms with van der Waals surface area (Å²) in [5.41, 5.74) is 1.87. The van der Waals surface area contributed by atoms with Crippen molar-refractivity contribution in [3.05, 3.63) is 58.8 Å². The summed E-state index contributed by atoms with van der Waals surface area (Å²) in [7, 11) is 1.64. The maximum Gasteiger partial charge on any atom is 0.139 e. The Balaban J connectivity index is 2.29. The summed E-state index contributed by atoms with van der Waals surface area (Å²) in [5.74, 6) is 0.802. The number of nitrogens with zero attached hydrogens (tertiary/aromatic N) is 1. The predicted octanol–water partition coefficient (Wildman–Crippen LogP) is 5.22. The molecule has 0 atom stereocenters. The first kappa shape index (κ1) is 13.2. The molecule has 2 nitrogen and oxygen atoms in total. The Kier molecular flexibility index (Phi) is 3.51. The summed E-state index contributed by atoms with van der Waals surface area (Å²) in [4.78, 5) is 4.22. The van der Waals surface area contributed by atoms with Crippen LogP contribution >= 0.6 is 23.2 Å². The minimum absolute atomic E-state index is 0.402. The maximum atomic E-state index is 6.29. The lowest BCUT2D eigenvalue weighted by atomic mass is 10.0. The molecule has 0 spiro atoms. The Hall–Kier alpha value is -1.77. The predicted molar refractivity (Wildman–Crippen MR) is 83.8 cm³/mol. The van der Waals surface area contributed by atoms with E-state index in [9.17, 15) is 0 Å². The van der Waals surface area contributed by atoms with Crippen molar-refractivity contribution >= 4 is 34.0 Å². The lowest BCUT2D eigenvalue weighted by Gasteiger charge is -2.10. The molecule has 2 aromatic carbocycles. The van der Waals surface area contributed by atoms with Gasteiger partial charge in [0, 0.05) is 10.9 Å². The molecule has 3 rings (SSSR count). The second kappa shape index (κ2) is 5.31. The molecular formula is C16H11Cl2NO. The number of pyridine rings is 1. The second-order valence-electron chi connectivity index (χ2n) is 4.34. The molecule has 0 saturated carbocycles. The van der Waals surface area contributed by atoms with Gasteiger partial charge in [0.1, 0.15) is 16.1 Å². The van der Waals surface area contributed by atoms with Crippen LogP contribution in [0.25, 0.3) is 21.9 Å². The Morgan fingerprint density at radius 3 is 2.15 bits per heavy atom. The van der Waals surface area contributed by atoms with Crippen molar-refractivity contribution in [2.45, 2.75) is 0 Å². The summed E-state index contributed by atoms with van der Waals surface area (Å²) >= 11 is 12.4. The van der Waals surface area contributed by atoms with E-state index >= 15 is 0 Å². The van der Waals surface area contributed by atoms with Crippen molar-refractivity contribution in [2.24, 2.45) is 0 Å². The third kappa shape index (κ3) is 2.21. The number of ether oxygens (including phenoxy) is 1. The van der Waals surface area contributed by atoms with Crippen LogP contribution in [-0.2, 0) is 0 Å². The lowest BCUT2D eigenvalue weighted by Crippen LogP contribution is -1.89. The molecule has 0 aliphatic carbocycles. The van der Waals surface area contributed by atoms with Crippen molar-refractivity contribution in [1.82, 2.24) is 4.98 Å². The molecule has 0 saturated heterocycles. The normalized spacial score (nSPS) is 10.8. The largest absolute Gasteiger partial charge is 0.497 e. The lowest BCUT2D eigenvalue weighted by molar-refractivity contribution is 0.415. The third-order valence-electron chi connectivity index (χ3n) is 3.20. The SMILES string of the molecule is COc1ccc(-c2c(Cl)nc(Cl)c3ccccc23)cc1. The fraction of sp³-hybridized carbons (Fsp3) is 0.0625. The smallest absolute Gasteiger partial charge is 0.139 e. The molecule has 0 radical (unpaired) electrons. The zero-order valence-corrected chi connectivity index (χ0v) is 12.2. The van der Waals surface area contributed by atoms with E-state index in [1.807, 2.05) is 48.5 Å². The van der Waals surface area contributed by atoms with Gasteiger partial charge in [-0.05, 0) is 23.1 Å². The molecule has 0 amide bonds. The van der Waals surface area contributed by atoms with Crippen LogP contribution in [0.4, 0.5) is 0 Å². The fourth-order valence-electron chi connectivity index (χ4n) is 2.23. The van der Waals surface area contributed by atoms with E-state index in [1.165, 1.54) is 0 Å². The van der Waals surface area contributed by atoms with Gasteiger partial charge in [-0.2, -0.15) is 0 Å². The number of methoxy groups -OCH3 is 1. The summed E-state index contributed by atoms with van der Waals surface area (Å²) < 4.78 is 5.17. The minimum Gasteiger partial charge on any atom is -0.497 e. The van der Waals surface area contributed by atoms with Crippen molar-refractivity contribution < 1.29 is 4.74 Å². The van der Waals surface area contributed by atoms with E-state index in [4.69, 9.17) is 27.9 Å². The van der Waals surface area contributed by atoms with Crippen LogP contribution in [0.1, 0.15) is 0 Å². The zero-order valence-electron chi connectivity index (χ0n) is 10.7. The molecule has 100 valence electrons. The summed E-state index contributed by atoms with van der Waals surface area (Å²) in [6.45, 7) is 0. The van der Waals surface area contributed by atoms with E-state index < -0.39 is 0 Å². The van der Waals surface area contributed by atoms with Gasteiger partial charge < -0.3 is 4.74 Å². The van der Waals surface area contributed by atoms with Gasteiger partial charge in [0.2, 0.25) is 0 Å². The molecule has 4 heteroatoms. The second-order valence-corrected chi connectivity index (χ2v) is 5.06. The van der Waals surface area contributed by atoms with Crippen LogP contribution in [0.2, 0.25) is 10.3 Å². The molecule has 0 unspecified atom stereocenters. The van der Waals surface area contributed by atoms with Gasteiger partial charge >= 0.3 is 0 Å². The topological polar surface area (TPSA) is 22.1 Å². The van der Waals surface area contributed by atoms with Crippen LogP contribution in [0.15, 0.2) is 48.5 Å². The van der Waals surface area contributed by atoms with Gasteiger partial charge in [0.05, 0.1) is 7.11 Å². The van der Waals surface area contributed by atoms with Crippen molar-refractivity contribution in [2.75, 3.05) is 7.11 Å². The first-order chi connectivity index (χ1) is 9.70. The number of fused-ring (bicyclic) bond motifs is 1. The highest BCUT2D eigenvalue weighted by Gasteiger charge is 2.13. The summed E-state index contributed by atoms with van der Waals surface area (Å²) in [6, 6.07) is 15.5. The van der Waals surface area contributed by atoms with Crippen LogP contribution in [0.5, 0.6) is 5.75 Å². The van der Waals surface area contributed by atoms with E-state index in [0.717, 1.165) is 27.6 Å². The van der Waals surface area contributed by atoms with Crippen LogP contribution in [0, 0.1) is 0 Å². The van der Waals surface area contributed by atoms with Crippen molar-refractivity contribution in [3.63, 3.8) is 0 Å². The molecular weight excluding hydrogens is 293 g/mol. The average Bonchev–Trinajstić information content (AvgIpc) is 2.48. The van der Waals surface area contributed by atoms with Gasteiger partial charge in [-0.25, -0.2) is 4.98 Å². The third-order valence-corrected chi connectivity index (χ3v) is 3.76. The molecule has 0 bridgehead atoms. The van der Waals surface area contributed by atoms with E-state index in [0.29, 0.717) is 10.3 Å². The van der Waals surface area contributed by atoms with Gasteiger partial charge in [0.25, 0.3) is 0 Å². The number of aromatic nitrogens is 1. The molecule has 20 heavy (non-hydrogen) atoms. The molecule has 1 aromatic heterocycles. The van der Waals surface area contributed by atoms with Gasteiger partial charge in [-0.1, -0.05) is 59.6 Å². The van der Waals surface area contributed by atoms with E-state index in [-0.39, 0.29) is 0 Å². The van der Waals surface area contributed by atoms with Crippen LogP contribution in [0.3, 0.4) is 0 Å². The highest BCUT2D eigenvalue weighted by Crippen LogP contribution is 2.37. The van der Waals surface area contributed by atoms with E-state index in [2.05, 4.69) is 4.98 Å². The first-order valence-corrected chi connectivity index (χ1v) is 6.84. The van der Waals surface area contributed by atoms with Gasteiger partial charge in [-0.15, -0.1) is 0 Å². The Morgan fingerprint density at radius 1 is 0.850 bits per heavy atom. The quantitative estimate of drug-likeness (QED) is 0.606. The van der Waals surface area contributed by atoms with E-state index in [1.54, 1.807) is 7.11 Å². The number of benzene rings is 2. The highest BCUT2D eigenvalue weighted by atomic mass is 35.5. The molecule has 0 fully saturated rings. The number of hydrogen-bond acceptors (Lipinski definition) is 2. The zero-order chi connectivity index (χ0) is 14.1. The number of halogens is 2.